The molecule has 1 amide bonds. The molecule has 1 fully saturated rings. The summed E-state index contributed by atoms with van der Waals surface area (Å²) in [6.45, 7) is 10.5. The second-order valence-electron chi connectivity index (χ2n) is 7.18. The second kappa shape index (κ2) is 5.06. The molecule has 2 aromatic heterocycles. The molecule has 0 unspecified atom stereocenters. The van der Waals surface area contributed by atoms with E-state index in [0.717, 1.165) is 0 Å². The van der Waals surface area contributed by atoms with Crippen molar-refractivity contribution in [1.82, 2.24) is 24.4 Å². The molecule has 3 rings (SSSR count). The van der Waals surface area contributed by atoms with Gasteiger partial charge in [0.2, 0.25) is 0 Å². The van der Waals surface area contributed by atoms with Gasteiger partial charge in [-0.15, -0.1) is 0 Å². The lowest BCUT2D eigenvalue weighted by Gasteiger charge is -2.48. The van der Waals surface area contributed by atoms with Gasteiger partial charge < -0.3 is 14.2 Å². The zero-order valence-corrected chi connectivity index (χ0v) is 14.7. The number of halogens is 1. The van der Waals surface area contributed by atoms with Gasteiger partial charge in [-0.2, -0.15) is 0 Å². The van der Waals surface area contributed by atoms with Crippen LogP contribution < -0.4 is 0 Å². The molecule has 0 atom stereocenters. The average molecular weight is 338 g/mol. The largest absolute Gasteiger partial charge is 0.444 e. The number of aromatic nitrogens is 4. The number of hydrogen-bond donors (Lipinski definition) is 0. The van der Waals surface area contributed by atoms with Crippen LogP contribution in [0.5, 0.6) is 0 Å². The highest BCUT2D eigenvalue weighted by Crippen LogP contribution is 2.33. The molecule has 0 radical (unpaired) electrons. The number of carbonyl (C=O) groups is 1. The Hall–Kier alpha value is -1.89. The summed E-state index contributed by atoms with van der Waals surface area (Å²) in [4.78, 5) is 26.6. The summed E-state index contributed by atoms with van der Waals surface area (Å²) in [6.07, 6.45) is 1.40. The molecule has 2 aromatic rings. The molecule has 0 bridgehead atoms. The first kappa shape index (κ1) is 16.0. The first-order chi connectivity index (χ1) is 10.6. The number of likely N-dealkylation sites (tertiary alicyclic amines) is 1. The van der Waals surface area contributed by atoms with E-state index in [1.165, 1.54) is 0 Å². The molecule has 0 aromatic carbocycles. The van der Waals surface area contributed by atoms with E-state index in [2.05, 4.69) is 21.9 Å². The summed E-state index contributed by atoms with van der Waals surface area (Å²) in [5.74, 6) is 0.594. The number of rotatable bonds is 1. The molecule has 0 N–H and O–H groups in total. The molecule has 8 heteroatoms. The summed E-state index contributed by atoms with van der Waals surface area (Å²) in [5.41, 5.74) is 0.487. The maximum absolute atomic E-state index is 12.1. The van der Waals surface area contributed by atoms with Crippen LogP contribution in [0.4, 0.5) is 4.79 Å². The zero-order valence-electron chi connectivity index (χ0n) is 13.9. The predicted octanol–water partition coefficient (Wildman–Crippen LogP) is 2.75. The number of aryl methyl sites for hydroxylation is 1. The van der Waals surface area contributed by atoms with Gasteiger partial charge in [-0.05, 0) is 34.6 Å². The van der Waals surface area contributed by atoms with Crippen LogP contribution in [0.15, 0.2) is 6.33 Å². The maximum Gasteiger partial charge on any atom is 0.410 e. The van der Waals surface area contributed by atoms with Crippen molar-refractivity contribution >= 4 is 28.9 Å². The number of fused-ring (bicyclic) bond motifs is 1. The van der Waals surface area contributed by atoms with E-state index < -0.39 is 5.60 Å². The van der Waals surface area contributed by atoms with Crippen LogP contribution in [0.2, 0.25) is 5.15 Å². The van der Waals surface area contributed by atoms with Gasteiger partial charge in [0.05, 0.1) is 11.9 Å². The third kappa shape index (κ3) is 2.85. The molecule has 0 spiro atoms. The van der Waals surface area contributed by atoms with Gasteiger partial charge in [-0.25, -0.2) is 19.7 Å². The van der Waals surface area contributed by atoms with Crippen LogP contribution in [0, 0.1) is 6.92 Å². The fourth-order valence-corrected chi connectivity index (χ4v) is 3.00. The Bertz CT molecular complexity index is 774. The third-order valence-corrected chi connectivity index (χ3v) is 4.03. The fraction of sp³-hybridized carbons (Fsp3) is 0.600. The second-order valence-corrected chi connectivity index (χ2v) is 7.54. The Labute approximate surface area is 139 Å². The van der Waals surface area contributed by atoms with Gasteiger partial charge >= 0.3 is 6.09 Å². The summed E-state index contributed by atoms with van der Waals surface area (Å²) >= 11 is 6.13. The van der Waals surface area contributed by atoms with Crippen molar-refractivity contribution in [3.8, 4) is 0 Å². The predicted molar refractivity (Wildman–Crippen MR) is 86.5 cm³/mol. The van der Waals surface area contributed by atoms with Crippen LogP contribution in [0.1, 0.15) is 33.5 Å². The minimum absolute atomic E-state index is 0.282. The van der Waals surface area contributed by atoms with Gasteiger partial charge in [-0.1, -0.05) is 11.6 Å². The minimum Gasteiger partial charge on any atom is -0.444 e. The van der Waals surface area contributed by atoms with Gasteiger partial charge in [0.15, 0.2) is 10.8 Å². The van der Waals surface area contributed by atoms with Gasteiger partial charge in [0.1, 0.15) is 16.9 Å². The molecular formula is C15H20ClN5O2. The first-order valence-electron chi connectivity index (χ1n) is 7.45. The topological polar surface area (TPSA) is 73.1 Å². The molecule has 0 aliphatic carbocycles. The number of hydrogen-bond acceptors (Lipinski definition) is 5. The molecule has 23 heavy (non-hydrogen) atoms. The van der Waals surface area contributed by atoms with Crippen LogP contribution in [-0.2, 0) is 10.3 Å². The van der Waals surface area contributed by atoms with Crippen molar-refractivity contribution in [2.24, 2.45) is 0 Å². The van der Waals surface area contributed by atoms with Crippen LogP contribution in [0.25, 0.3) is 11.2 Å². The summed E-state index contributed by atoms with van der Waals surface area (Å²) in [7, 11) is 0. The van der Waals surface area contributed by atoms with Gasteiger partial charge in [-0.3, -0.25) is 0 Å². The van der Waals surface area contributed by atoms with E-state index in [1.807, 2.05) is 25.3 Å². The van der Waals surface area contributed by atoms with Crippen molar-refractivity contribution in [1.29, 1.82) is 0 Å². The van der Waals surface area contributed by atoms with Crippen molar-refractivity contribution in [3.63, 3.8) is 0 Å². The Morgan fingerprint density at radius 3 is 2.61 bits per heavy atom. The highest BCUT2D eigenvalue weighted by Gasteiger charge is 2.45. The molecule has 1 aliphatic heterocycles. The first-order valence-corrected chi connectivity index (χ1v) is 7.82. The number of imidazole rings is 1. The molecule has 0 saturated carbocycles. The van der Waals surface area contributed by atoms with Crippen LogP contribution >= 0.6 is 11.6 Å². The van der Waals surface area contributed by atoms with Crippen LogP contribution in [-0.4, -0.2) is 49.2 Å². The molecule has 124 valence electrons. The highest BCUT2D eigenvalue weighted by atomic mass is 35.5. The van der Waals surface area contributed by atoms with Gasteiger partial charge in [0, 0.05) is 13.1 Å². The monoisotopic (exact) mass is 337 g/mol. The van der Waals surface area contributed by atoms with Crippen molar-refractivity contribution in [3.05, 3.63) is 17.3 Å². The molecule has 7 nitrogen and oxygen atoms in total. The van der Waals surface area contributed by atoms with Crippen molar-refractivity contribution in [2.75, 3.05) is 13.1 Å². The lowest BCUT2D eigenvalue weighted by molar-refractivity contribution is -0.0221. The minimum atomic E-state index is -0.497. The smallest absolute Gasteiger partial charge is 0.410 e. The molecule has 1 saturated heterocycles. The van der Waals surface area contributed by atoms with E-state index in [0.29, 0.717) is 35.2 Å². The Balaban J connectivity index is 1.83. The van der Waals surface area contributed by atoms with E-state index >= 15 is 0 Å². The average Bonchev–Trinajstić information content (AvgIpc) is 2.77. The Morgan fingerprint density at radius 2 is 2.00 bits per heavy atom. The lowest BCUT2D eigenvalue weighted by atomic mass is 9.92. The van der Waals surface area contributed by atoms with E-state index in [1.54, 1.807) is 18.2 Å². The van der Waals surface area contributed by atoms with Crippen molar-refractivity contribution in [2.45, 2.75) is 45.8 Å². The maximum atomic E-state index is 12.1. The number of ether oxygens (including phenoxy) is 1. The van der Waals surface area contributed by atoms with E-state index in [-0.39, 0.29) is 11.6 Å². The Kier molecular flexibility index (Phi) is 3.51. The van der Waals surface area contributed by atoms with Crippen LogP contribution in [0.3, 0.4) is 0 Å². The normalized spacial score (nSPS) is 17.2. The lowest BCUT2D eigenvalue weighted by Crippen LogP contribution is -2.63. The third-order valence-electron chi connectivity index (χ3n) is 3.76. The van der Waals surface area contributed by atoms with Gasteiger partial charge in [0.25, 0.3) is 0 Å². The number of amides is 1. The summed E-state index contributed by atoms with van der Waals surface area (Å²) < 4.78 is 7.36. The molecule has 3 heterocycles. The molecular weight excluding hydrogens is 318 g/mol. The fourth-order valence-electron chi connectivity index (χ4n) is 2.75. The SMILES string of the molecule is Cc1nc(Cl)c2ncn(C3(C)CN(C(=O)OC(C)(C)C)C3)c2n1. The highest BCUT2D eigenvalue weighted by molar-refractivity contribution is 6.33. The standard InChI is InChI=1S/C15H20ClN5O2/c1-9-18-11(16)10-12(19-9)21(8-17-10)15(5)6-20(7-15)13(22)23-14(2,3)4/h8H,6-7H2,1-5H3. The number of nitrogens with zero attached hydrogens (tertiary/aromatic N) is 5. The van der Waals surface area contributed by atoms with E-state index in [4.69, 9.17) is 16.3 Å². The Morgan fingerprint density at radius 1 is 1.35 bits per heavy atom. The van der Waals surface area contributed by atoms with E-state index in [9.17, 15) is 4.79 Å². The summed E-state index contributed by atoms with van der Waals surface area (Å²) in [5, 5.41) is 0.346. The zero-order chi connectivity index (χ0) is 17.0. The molecule has 1 aliphatic rings. The number of carbonyl (C=O) groups excluding carboxylic acids is 1. The summed E-state index contributed by atoms with van der Waals surface area (Å²) in [6, 6.07) is 0. The van der Waals surface area contributed by atoms with Crippen molar-refractivity contribution < 1.29 is 9.53 Å². The quantitative estimate of drug-likeness (QED) is 0.748.